The number of piperidine rings is 1. The van der Waals surface area contributed by atoms with Gasteiger partial charge in [-0.1, -0.05) is 12.1 Å². The van der Waals surface area contributed by atoms with Gasteiger partial charge < -0.3 is 10.0 Å². The molecule has 2 N–H and O–H groups in total. The number of hydrogen-bond acceptors (Lipinski definition) is 4. The molecule has 1 unspecified atom stereocenters. The fraction of sp³-hybridized carbons (Fsp3) is 0.474. The molecule has 1 aliphatic heterocycles. The SMILES string of the molecule is O=C(O)CCC1CCCN(C(=O)CCn2[nH]c(=O)c3ccccc3c2=O)C1. The first-order valence-corrected chi connectivity index (χ1v) is 9.17. The molecule has 1 atom stereocenters. The zero-order valence-corrected chi connectivity index (χ0v) is 15.0. The summed E-state index contributed by atoms with van der Waals surface area (Å²) >= 11 is 0. The Morgan fingerprint density at radius 2 is 1.89 bits per heavy atom. The topological polar surface area (TPSA) is 112 Å². The molecule has 27 heavy (non-hydrogen) atoms. The van der Waals surface area contributed by atoms with Crippen molar-refractivity contribution in [2.24, 2.45) is 5.92 Å². The Kier molecular flexibility index (Phi) is 5.73. The molecule has 0 aliphatic carbocycles. The predicted octanol–water partition coefficient (Wildman–Crippen LogP) is 1.18. The monoisotopic (exact) mass is 373 g/mol. The number of aryl methyl sites for hydroxylation is 1. The van der Waals surface area contributed by atoms with E-state index in [2.05, 4.69) is 5.10 Å². The van der Waals surface area contributed by atoms with Gasteiger partial charge in [0.25, 0.3) is 11.1 Å². The third kappa shape index (κ3) is 4.45. The predicted molar refractivity (Wildman–Crippen MR) is 99.6 cm³/mol. The summed E-state index contributed by atoms with van der Waals surface area (Å²) in [6.45, 7) is 1.30. The van der Waals surface area contributed by atoms with Gasteiger partial charge in [0.1, 0.15) is 0 Å². The molecule has 1 amide bonds. The van der Waals surface area contributed by atoms with Gasteiger partial charge in [0.05, 0.1) is 17.3 Å². The smallest absolute Gasteiger partial charge is 0.303 e. The van der Waals surface area contributed by atoms with Gasteiger partial charge >= 0.3 is 5.97 Å². The van der Waals surface area contributed by atoms with Crippen LogP contribution in [0.4, 0.5) is 0 Å². The van der Waals surface area contributed by atoms with Crippen molar-refractivity contribution in [2.75, 3.05) is 13.1 Å². The molecule has 2 aromatic rings. The molecule has 0 spiro atoms. The lowest BCUT2D eigenvalue weighted by molar-refractivity contribution is -0.137. The lowest BCUT2D eigenvalue weighted by Crippen LogP contribution is -2.41. The lowest BCUT2D eigenvalue weighted by atomic mass is 9.93. The number of hydrogen-bond donors (Lipinski definition) is 2. The number of fused-ring (bicyclic) bond motifs is 1. The molecule has 8 heteroatoms. The van der Waals surface area contributed by atoms with Gasteiger partial charge in [-0.3, -0.25) is 24.3 Å². The van der Waals surface area contributed by atoms with Crippen LogP contribution in [0.1, 0.15) is 32.1 Å². The molecule has 0 saturated carbocycles. The fourth-order valence-corrected chi connectivity index (χ4v) is 3.62. The number of carbonyl (C=O) groups excluding carboxylic acids is 1. The molecule has 1 aliphatic rings. The van der Waals surface area contributed by atoms with E-state index in [0.29, 0.717) is 30.3 Å². The van der Waals surface area contributed by atoms with Crippen LogP contribution in [0.5, 0.6) is 0 Å². The number of nitrogens with one attached hydrogen (secondary N) is 1. The Morgan fingerprint density at radius 1 is 1.15 bits per heavy atom. The number of amides is 1. The van der Waals surface area contributed by atoms with E-state index in [0.717, 1.165) is 12.8 Å². The maximum absolute atomic E-state index is 12.5. The van der Waals surface area contributed by atoms with Gasteiger partial charge in [-0.2, -0.15) is 0 Å². The van der Waals surface area contributed by atoms with Crippen molar-refractivity contribution in [3.8, 4) is 0 Å². The van der Waals surface area contributed by atoms with Crippen LogP contribution in [0.15, 0.2) is 33.9 Å². The molecule has 1 aromatic carbocycles. The van der Waals surface area contributed by atoms with E-state index in [1.165, 1.54) is 4.68 Å². The minimum absolute atomic E-state index is 0.0871. The molecule has 0 radical (unpaired) electrons. The van der Waals surface area contributed by atoms with Gasteiger partial charge in [0, 0.05) is 25.9 Å². The maximum Gasteiger partial charge on any atom is 0.303 e. The largest absolute Gasteiger partial charge is 0.481 e. The van der Waals surface area contributed by atoms with Gasteiger partial charge in [0.2, 0.25) is 5.91 Å². The van der Waals surface area contributed by atoms with Crippen molar-refractivity contribution in [1.29, 1.82) is 0 Å². The summed E-state index contributed by atoms with van der Waals surface area (Å²) in [5.41, 5.74) is -0.680. The van der Waals surface area contributed by atoms with Crippen LogP contribution in [0.2, 0.25) is 0 Å². The summed E-state index contributed by atoms with van der Waals surface area (Å²) in [4.78, 5) is 49.6. The number of nitrogens with zero attached hydrogens (tertiary/aromatic N) is 2. The third-order valence-electron chi connectivity index (χ3n) is 5.07. The highest BCUT2D eigenvalue weighted by Crippen LogP contribution is 2.21. The normalized spacial score (nSPS) is 17.2. The Bertz CT molecular complexity index is 962. The third-order valence-corrected chi connectivity index (χ3v) is 5.07. The molecule has 2 heterocycles. The number of benzene rings is 1. The Hall–Kier alpha value is -2.90. The van der Waals surface area contributed by atoms with Crippen molar-refractivity contribution >= 4 is 22.6 Å². The summed E-state index contributed by atoms with van der Waals surface area (Å²) < 4.78 is 1.19. The second-order valence-electron chi connectivity index (χ2n) is 6.97. The van der Waals surface area contributed by atoms with Gasteiger partial charge in [-0.25, -0.2) is 4.68 Å². The standard InChI is InChI=1S/C19H23N3O5/c23-16(21-10-3-4-13(12-21)7-8-17(24)25)9-11-22-19(27)15-6-2-1-5-14(15)18(26)20-22/h1-2,5-6,13H,3-4,7-12H2,(H,20,26)(H,24,25). The molecule has 0 bridgehead atoms. The van der Waals surface area contributed by atoms with Crippen LogP contribution in [0.25, 0.3) is 10.8 Å². The van der Waals surface area contributed by atoms with Crippen LogP contribution in [-0.4, -0.2) is 44.8 Å². The molecule has 1 fully saturated rings. The summed E-state index contributed by atoms with van der Waals surface area (Å²) in [5.74, 6) is -0.712. The Labute approximate surface area is 155 Å². The van der Waals surface area contributed by atoms with Crippen molar-refractivity contribution in [2.45, 2.75) is 38.6 Å². The quantitative estimate of drug-likeness (QED) is 0.790. The van der Waals surface area contributed by atoms with Gasteiger partial charge in [0.15, 0.2) is 0 Å². The number of H-pyrrole nitrogens is 1. The number of carboxylic acid groups (broad SMARTS) is 1. The first kappa shape index (κ1) is 18.9. The average Bonchev–Trinajstić information content (AvgIpc) is 2.68. The number of carboxylic acids is 1. The van der Waals surface area contributed by atoms with Gasteiger partial charge in [-0.15, -0.1) is 0 Å². The molecule has 3 rings (SSSR count). The maximum atomic E-state index is 12.5. The van der Waals surface area contributed by atoms with Crippen molar-refractivity contribution in [3.63, 3.8) is 0 Å². The van der Waals surface area contributed by atoms with E-state index < -0.39 is 5.97 Å². The van der Waals surface area contributed by atoms with Crippen molar-refractivity contribution in [3.05, 3.63) is 45.0 Å². The molecule has 1 aromatic heterocycles. The number of rotatable bonds is 6. The summed E-state index contributed by atoms with van der Waals surface area (Å²) in [6, 6.07) is 6.59. The highest BCUT2D eigenvalue weighted by atomic mass is 16.4. The number of aliphatic carboxylic acids is 1. The minimum atomic E-state index is -0.821. The first-order chi connectivity index (χ1) is 13.0. The molecule has 144 valence electrons. The van der Waals surface area contributed by atoms with Crippen LogP contribution in [0.3, 0.4) is 0 Å². The fourth-order valence-electron chi connectivity index (χ4n) is 3.62. The number of aromatic nitrogens is 2. The van der Waals surface area contributed by atoms with Crippen LogP contribution < -0.4 is 11.1 Å². The van der Waals surface area contributed by atoms with E-state index in [4.69, 9.17) is 5.11 Å². The second-order valence-corrected chi connectivity index (χ2v) is 6.97. The van der Waals surface area contributed by atoms with E-state index in [1.54, 1.807) is 29.2 Å². The highest BCUT2D eigenvalue weighted by Gasteiger charge is 2.24. The molecule has 1 saturated heterocycles. The zero-order chi connectivity index (χ0) is 19.4. The number of carbonyl (C=O) groups is 2. The van der Waals surface area contributed by atoms with Crippen molar-refractivity contribution in [1.82, 2.24) is 14.7 Å². The summed E-state index contributed by atoms with van der Waals surface area (Å²) in [6.07, 6.45) is 2.56. The summed E-state index contributed by atoms with van der Waals surface area (Å²) in [7, 11) is 0. The second kappa shape index (κ2) is 8.20. The van der Waals surface area contributed by atoms with Gasteiger partial charge in [-0.05, 0) is 37.3 Å². The van der Waals surface area contributed by atoms with Crippen LogP contribution >= 0.6 is 0 Å². The minimum Gasteiger partial charge on any atom is -0.481 e. The van der Waals surface area contributed by atoms with E-state index in [9.17, 15) is 19.2 Å². The number of aromatic amines is 1. The molecular formula is C19H23N3O5. The Morgan fingerprint density at radius 3 is 2.63 bits per heavy atom. The van der Waals surface area contributed by atoms with Crippen LogP contribution in [-0.2, 0) is 16.1 Å². The number of likely N-dealkylation sites (tertiary alicyclic amines) is 1. The Balaban J connectivity index is 1.65. The average molecular weight is 373 g/mol. The van der Waals surface area contributed by atoms with Crippen molar-refractivity contribution < 1.29 is 14.7 Å². The zero-order valence-electron chi connectivity index (χ0n) is 15.0. The molecular weight excluding hydrogens is 350 g/mol. The molecule has 8 nitrogen and oxygen atoms in total. The van der Waals surface area contributed by atoms with Crippen LogP contribution in [0, 0.1) is 5.92 Å². The summed E-state index contributed by atoms with van der Waals surface area (Å²) in [5, 5.41) is 12.0. The van der Waals surface area contributed by atoms with E-state index >= 15 is 0 Å². The van der Waals surface area contributed by atoms with E-state index in [-0.39, 0.29) is 42.3 Å². The first-order valence-electron chi connectivity index (χ1n) is 9.17. The lowest BCUT2D eigenvalue weighted by Gasteiger charge is -2.32. The highest BCUT2D eigenvalue weighted by molar-refractivity contribution is 5.80. The van der Waals surface area contributed by atoms with E-state index in [1.807, 2.05) is 0 Å².